The van der Waals surface area contributed by atoms with Crippen LogP contribution in [0.2, 0.25) is 0 Å². The van der Waals surface area contributed by atoms with Crippen molar-refractivity contribution in [1.82, 2.24) is 4.90 Å². The van der Waals surface area contributed by atoms with Gasteiger partial charge in [0, 0.05) is 6.42 Å². The van der Waals surface area contributed by atoms with E-state index in [1.165, 1.54) is 0 Å². The first kappa shape index (κ1) is 22.5. The molecule has 1 atom stereocenters. The minimum absolute atomic E-state index is 0.00238. The monoisotopic (exact) mass is 519 g/mol. The first-order chi connectivity index (χ1) is 14.3. The lowest BCUT2D eigenvalue weighted by Crippen LogP contribution is -2.48. The summed E-state index contributed by atoms with van der Waals surface area (Å²) in [5, 5.41) is 0. The van der Waals surface area contributed by atoms with Crippen LogP contribution in [0.5, 0.6) is 0 Å². The summed E-state index contributed by atoms with van der Waals surface area (Å²) in [6, 6.07) is 18.8. The van der Waals surface area contributed by atoms with Gasteiger partial charge in [-0.05, 0) is 54.5 Å². The molecule has 1 aliphatic heterocycles. The summed E-state index contributed by atoms with van der Waals surface area (Å²) in [6.07, 6.45) is -0.279. The van der Waals surface area contributed by atoms with Crippen LogP contribution in [0, 0.1) is 0 Å². The highest BCUT2D eigenvalue weighted by Gasteiger charge is 2.39. The molecule has 2 aromatic rings. The zero-order valence-electron chi connectivity index (χ0n) is 17.4. The second kappa shape index (κ2) is 9.75. The van der Waals surface area contributed by atoms with Crippen LogP contribution >= 0.6 is 22.6 Å². The molecule has 1 amide bonds. The number of halogens is 1. The molecule has 2 aromatic carbocycles. The molecule has 0 spiro atoms. The van der Waals surface area contributed by atoms with Crippen molar-refractivity contribution < 1.29 is 19.1 Å². The molecule has 30 heavy (non-hydrogen) atoms. The number of ether oxygens (including phenoxy) is 2. The molecule has 0 N–H and O–H groups in total. The van der Waals surface area contributed by atoms with Crippen LogP contribution in [0.25, 0.3) is 5.70 Å². The minimum atomic E-state index is -0.652. The molecule has 6 heteroatoms. The Balaban J connectivity index is 1.90. The molecule has 0 aliphatic carbocycles. The van der Waals surface area contributed by atoms with E-state index < -0.39 is 17.7 Å². The number of nitrogens with zero attached hydrogens (tertiary/aromatic N) is 1. The number of rotatable bonds is 5. The van der Waals surface area contributed by atoms with Crippen LogP contribution in [-0.2, 0) is 20.9 Å². The van der Waals surface area contributed by atoms with Gasteiger partial charge in [0.05, 0.1) is 28.5 Å². The Hall–Kier alpha value is -2.19. The van der Waals surface area contributed by atoms with Crippen LogP contribution in [0.4, 0.5) is 4.79 Å². The van der Waals surface area contributed by atoms with Gasteiger partial charge < -0.3 is 9.47 Å². The molecular weight excluding hydrogens is 493 g/mol. The second-order valence-electron chi connectivity index (χ2n) is 8.16. The van der Waals surface area contributed by atoms with Gasteiger partial charge in [0.15, 0.2) is 5.78 Å². The fraction of sp³-hybridized carbons (Fsp3) is 0.333. The lowest BCUT2D eigenvalue weighted by Gasteiger charge is -2.38. The maximum atomic E-state index is 13.2. The van der Waals surface area contributed by atoms with E-state index >= 15 is 0 Å². The number of benzene rings is 2. The van der Waals surface area contributed by atoms with Crippen molar-refractivity contribution in [3.05, 3.63) is 75.4 Å². The molecule has 0 unspecified atom stereocenters. The number of hydrogen-bond acceptors (Lipinski definition) is 4. The van der Waals surface area contributed by atoms with Crippen molar-refractivity contribution in [2.24, 2.45) is 0 Å². The van der Waals surface area contributed by atoms with Crippen LogP contribution in [0.3, 0.4) is 0 Å². The zero-order chi connectivity index (χ0) is 21.7. The fourth-order valence-corrected chi connectivity index (χ4v) is 4.04. The van der Waals surface area contributed by atoms with Gasteiger partial charge in [-0.3, -0.25) is 9.69 Å². The van der Waals surface area contributed by atoms with Crippen molar-refractivity contribution in [2.75, 3.05) is 6.61 Å². The van der Waals surface area contributed by atoms with Gasteiger partial charge in [0.2, 0.25) is 0 Å². The lowest BCUT2D eigenvalue weighted by atomic mass is 9.98. The number of hydrogen-bond donors (Lipinski definition) is 0. The smallest absolute Gasteiger partial charge is 0.415 e. The summed E-state index contributed by atoms with van der Waals surface area (Å²) in [5.41, 5.74) is 1.77. The predicted molar refractivity (Wildman–Crippen MR) is 125 cm³/mol. The Kier molecular flexibility index (Phi) is 7.31. The highest BCUT2D eigenvalue weighted by molar-refractivity contribution is 14.1. The number of ketones is 1. The van der Waals surface area contributed by atoms with E-state index in [0.717, 1.165) is 11.1 Å². The summed E-state index contributed by atoms with van der Waals surface area (Å²) in [7, 11) is 0. The third-order valence-corrected chi connectivity index (χ3v) is 5.65. The Labute approximate surface area is 191 Å². The summed E-state index contributed by atoms with van der Waals surface area (Å²) in [6.45, 7) is 6.14. The third kappa shape index (κ3) is 5.70. The van der Waals surface area contributed by atoms with Gasteiger partial charge >= 0.3 is 6.09 Å². The quantitative estimate of drug-likeness (QED) is 0.484. The minimum Gasteiger partial charge on any atom is -0.443 e. The second-order valence-corrected chi connectivity index (χ2v) is 9.24. The lowest BCUT2D eigenvalue weighted by molar-refractivity contribution is -0.116. The molecule has 0 saturated carbocycles. The average molecular weight is 519 g/mol. The number of carbonyl (C=O) groups excluding carboxylic acids is 2. The maximum Gasteiger partial charge on any atom is 0.415 e. The van der Waals surface area contributed by atoms with Gasteiger partial charge in [-0.1, -0.05) is 60.7 Å². The van der Waals surface area contributed by atoms with E-state index in [0.29, 0.717) is 15.9 Å². The summed E-state index contributed by atoms with van der Waals surface area (Å²) in [4.78, 5) is 27.6. The number of amides is 1. The maximum absolute atomic E-state index is 13.2. The normalized spacial score (nSPS) is 17.3. The topological polar surface area (TPSA) is 55.8 Å². The Morgan fingerprint density at radius 1 is 1.07 bits per heavy atom. The van der Waals surface area contributed by atoms with E-state index in [4.69, 9.17) is 9.47 Å². The molecule has 0 saturated heterocycles. The molecule has 1 heterocycles. The molecule has 0 bridgehead atoms. The van der Waals surface area contributed by atoms with Crippen LogP contribution in [0.1, 0.15) is 38.3 Å². The number of Topliss-reactive ketones (excluding diaryl/α,β-unsaturated/α-hetero) is 1. The van der Waals surface area contributed by atoms with Crippen LogP contribution < -0.4 is 0 Å². The van der Waals surface area contributed by atoms with Gasteiger partial charge in [0.25, 0.3) is 0 Å². The Bertz CT molecular complexity index is 919. The largest absolute Gasteiger partial charge is 0.443 e. The molecule has 0 radical (unpaired) electrons. The standard InChI is InChI=1S/C24H26INO4/c1-24(2,3)30-23(28)26-19(16-29-15-17-10-6-4-7-11-17)14-20(27)21(25)22(26)18-12-8-5-9-13-18/h4-13,19H,14-16H2,1-3H3/t19-/m1/s1. The average Bonchev–Trinajstić information content (AvgIpc) is 2.70. The first-order valence-electron chi connectivity index (χ1n) is 9.88. The summed E-state index contributed by atoms with van der Waals surface area (Å²) < 4.78 is 12.1. The van der Waals surface area contributed by atoms with E-state index in [1.807, 2.05) is 104 Å². The van der Waals surface area contributed by atoms with Gasteiger partial charge in [-0.25, -0.2) is 4.79 Å². The van der Waals surface area contributed by atoms with Crippen molar-refractivity contribution in [2.45, 2.75) is 45.4 Å². The summed E-state index contributed by atoms with van der Waals surface area (Å²) in [5.74, 6) is 0.00238. The highest BCUT2D eigenvalue weighted by atomic mass is 127. The van der Waals surface area contributed by atoms with Gasteiger partial charge in [0.1, 0.15) is 5.60 Å². The molecule has 1 aliphatic rings. The molecule has 5 nitrogen and oxygen atoms in total. The van der Waals surface area contributed by atoms with E-state index in [2.05, 4.69) is 0 Å². The fourth-order valence-electron chi connectivity index (χ4n) is 3.25. The first-order valence-corrected chi connectivity index (χ1v) is 11.0. The van der Waals surface area contributed by atoms with E-state index in [9.17, 15) is 9.59 Å². The zero-order valence-corrected chi connectivity index (χ0v) is 19.6. The van der Waals surface area contributed by atoms with Crippen molar-refractivity contribution >= 4 is 40.2 Å². The molecule has 3 rings (SSSR count). The SMILES string of the molecule is CC(C)(C)OC(=O)N1C(c2ccccc2)=C(I)C(=O)C[C@@H]1COCc1ccccc1. The molecule has 158 valence electrons. The van der Waals surface area contributed by atoms with Crippen molar-refractivity contribution in [1.29, 1.82) is 0 Å². The van der Waals surface area contributed by atoms with Crippen LogP contribution in [0.15, 0.2) is 64.2 Å². The Morgan fingerprint density at radius 2 is 1.67 bits per heavy atom. The van der Waals surface area contributed by atoms with E-state index in [1.54, 1.807) is 4.90 Å². The van der Waals surface area contributed by atoms with Gasteiger partial charge in [-0.2, -0.15) is 0 Å². The highest BCUT2D eigenvalue weighted by Crippen LogP contribution is 2.36. The molecule has 0 fully saturated rings. The molecular formula is C24H26INO4. The third-order valence-electron chi connectivity index (χ3n) is 4.54. The van der Waals surface area contributed by atoms with Crippen molar-refractivity contribution in [3.8, 4) is 0 Å². The predicted octanol–water partition coefficient (Wildman–Crippen LogP) is 5.59. The Morgan fingerprint density at radius 3 is 2.27 bits per heavy atom. The number of allylic oxidation sites excluding steroid dienone is 1. The van der Waals surface area contributed by atoms with Gasteiger partial charge in [-0.15, -0.1) is 0 Å². The van der Waals surface area contributed by atoms with Crippen LogP contribution in [-0.4, -0.2) is 35.0 Å². The van der Waals surface area contributed by atoms with Crippen molar-refractivity contribution in [3.63, 3.8) is 0 Å². The molecule has 0 aromatic heterocycles. The number of carbonyl (C=O) groups is 2. The summed E-state index contributed by atoms with van der Waals surface area (Å²) >= 11 is 2.03. The van der Waals surface area contributed by atoms with E-state index in [-0.39, 0.29) is 18.8 Å².